The minimum absolute atomic E-state index is 0.000335. The van der Waals surface area contributed by atoms with E-state index in [1.807, 2.05) is 17.2 Å². The van der Waals surface area contributed by atoms with Crippen LogP contribution in [-0.4, -0.2) is 40.5 Å². The Morgan fingerprint density at radius 1 is 1.46 bits per heavy atom. The Hall–Kier alpha value is -1.63. The molecule has 1 aromatic rings. The van der Waals surface area contributed by atoms with Crippen molar-refractivity contribution in [3.05, 3.63) is 16.1 Å². The molecule has 2 saturated carbocycles. The Morgan fingerprint density at radius 2 is 2.21 bits per heavy atom. The van der Waals surface area contributed by atoms with Gasteiger partial charge in [0.25, 0.3) is 0 Å². The summed E-state index contributed by atoms with van der Waals surface area (Å²) < 4.78 is 0. The second kappa shape index (κ2) is 6.02. The monoisotopic (exact) mass is 348 g/mol. The van der Waals surface area contributed by atoms with Crippen molar-refractivity contribution in [2.45, 2.75) is 57.7 Å². The molecule has 0 spiro atoms. The van der Waals surface area contributed by atoms with Gasteiger partial charge in [0.05, 0.1) is 12.1 Å². The maximum absolute atomic E-state index is 12.4. The molecule has 3 fully saturated rings. The number of amides is 3. The number of carbonyl (C=O) groups excluding carboxylic acids is 2. The zero-order valence-corrected chi connectivity index (χ0v) is 14.9. The maximum atomic E-state index is 12.4. The summed E-state index contributed by atoms with van der Waals surface area (Å²) in [5.74, 6) is 1.27. The second-order valence-electron chi connectivity index (χ2n) is 7.49. The maximum Gasteiger partial charge on any atom is 0.315 e. The van der Waals surface area contributed by atoms with Gasteiger partial charge in [-0.15, -0.1) is 11.3 Å². The lowest BCUT2D eigenvalue weighted by molar-refractivity contribution is -0.128. The lowest BCUT2D eigenvalue weighted by Crippen LogP contribution is -2.45. The van der Waals surface area contributed by atoms with Crippen LogP contribution in [0.2, 0.25) is 0 Å². The molecule has 0 aromatic carbocycles. The van der Waals surface area contributed by atoms with Crippen molar-refractivity contribution in [1.82, 2.24) is 20.5 Å². The van der Waals surface area contributed by atoms with Gasteiger partial charge in [0.1, 0.15) is 5.01 Å². The normalized spacial score (nSPS) is 30.3. The number of hydrogen-bond acceptors (Lipinski definition) is 4. The molecule has 24 heavy (non-hydrogen) atoms. The fourth-order valence-electron chi connectivity index (χ4n) is 3.58. The van der Waals surface area contributed by atoms with Crippen molar-refractivity contribution in [3.8, 4) is 0 Å². The first-order valence-electron chi connectivity index (χ1n) is 8.80. The molecule has 7 heteroatoms. The van der Waals surface area contributed by atoms with E-state index in [0.717, 1.165) is 30.0 Å². The third-order valence-electron chi connectivity index (χ3n) is 5.24. The highest BCUT2D eigenvalue weighted by Crippen LogP contribution is 2.42. The fourth-order valence-corrected chi connectivity index (χ4v) is 4.52. The summed E-state index contributed by atoms with van der Waals surface area (Å²) in [5.41, 5.74) is 0.999. The van der Waals surface area contributed by atoms with Crippen molar-refractivity contribution in [1.29, 1.82) is 0 Å². The van der Waals surface area contributed by atoms with Gasteiger partial charge in [-0.25, -0.2) is 9.78 Å². The Kier molecular flexibility index (Phi) is 3.98. The van der Waals surface area contributed by atoms with E-state index < -0.39 is 0 Å². The van der Waals surface area contributed by atoms with Gasteiger partial charge in [0, 0.05) is 30.1 Å². The quantitative estimate of drug-likeness (QED) is 0.857. The molecule has 3 amide bonds. The number of urea groups is 1. The number of nitrogens with one attached hydrogen (secondary N) is 2. The third-order valence-corrected chi connectivity index (χ3v) is 6.29. The summed E-state index contributed by atoms with van der Waals surface area (Å²) in [5, 5.41) is 9.09. The summed E-state index contributed by atoms with van der Waals surface area (Å²) in [6, 6.07) is 0.136. The predicted octanol–water partition coefficient (Wildman–Crippen LogP) is 2.21. The van der Waals surface area contributed by atoms with Crippen LogP contribution in [0.5, 0.6) is 0 Å². The van der Waals surface area contributed by atoms with Gasteiger partial charge < -0.3 is 15.5 Å². The topological polar surface area (TPSA) is 74.3 Å². The summed E-state index contributed by atoms with van der Waals surface area (Å²) in [6.45, 7) is 4.79. The van der Waals surface area contributed by atoms with E-state index in [4.69, 9.17) is 0 Å². The Balaban J connectivity index is 1.33. The van der Waals surface area contributed by atoms with Gasteiger partial charge in [-0.2, -0.15) is 0 Å². The average Bonchev–Trinajstić information content (AvgIpc) is 3.41. The van der Waals surface area contributed by atoms with Gasteiger partial charge in [-0.3, -0.25) is 4.79 Å². The molecule has 3 aliphatic rings. The van der Waals surface area contributed by atoms with Crippen LogP contribution in [0.15, 0.2) is 5.38 Å². The number of hydrogen-bond donors (Lipinski definition) is 2. The van der Waals surface area contributed by atoms with Crippen LogP contribution < -0.4 is 10.6 Å². The van der Waals surface area contributed by atoms with Crippen LogP contribution in [-0.2, 0) is 4.79 Å². The smallest absolute Gasteiger partial charge is 0.315 e. The molecule has 2 heterocycles. The average molecular weight is 348 g/mol. The molecular weight excluding hydrogens is 324 g/mol. The van der Waals surface area contributed by atoms with E-state index in [-0.39, 0.29) is 24.0 Å². The number of aryl methyl sites for hydroxylation is 1. The van der Waals surface area contributed by atoms with E-state index in [1.54, 1.807) is 11.3 Å². The van der Waals surface area contributed by atoms with Crippen LogP contribution in [0.3, 0.4) is 0 Å². The van der Waals surface area contributed by atoms with E-state index in [0.29, 0.717) is 30.8 Å². The first kappa shape index (κ1) is 15.9. The van der Waals surface area contributed by atoms with Crippen molar-refractivity contribution in [2.75, 3.05) is 6.54 Å². The zero-order chi connectivity index (χ0) is 16.8. The molecule has 1 aliphatic heterocycles. The minimum atomic E-state index is -0.178. The van der Waals surface area contributed by atoms with Gasteiger partial charge in [0.2, 0.25) is 5.91 Å². The van der Waals surface area contributed by atoms with Crippen molar-refractivity contribution in [3.63, 3.8) is 0 Å². The van der Waals surface area contributed by atoms with Crippen LogP contribution >= 0.6 is 11.3 Å². The lowest BCUT2D eigenvalue weighted by Gasteiger charge is -2.20. The second-order valence-corrected chi connectivity index (χ2v) is 8.38. The van der Waals surface area contributed by atoms with Crippen molar-refractivity contribution >= 4 is 23.3 Å². The van der Waals surface area contributed by atoms with Crippen LogP contribution in [0, 0.1) is 18.8 Å². The molecule has 0 radical (unpaired) electrons. The molecular formula is C17H24N4O2S. The predicted molar refractivity (Wildman–Crippen MR) is 91.7 cm³/mol. The summed E-state index contributed by atoms with van der Waals surface area (Å²) in [6.07, 6.45) is 3.79. The number of thiazole rings is 1. The number of likely N-dealkylation sites (tertiary alicyclic amines) is 1. The highest BCUT2D eigenvalue weighted by Gasteiger charge is 2.45. The van der Waals surface area contributed by atoms with Crippen molar-refractivity contribution < 1.29 is 9.59 Å². The summed E-state index contributed by atoms with van der Waals surface area (Å²) in [4.78, 5) is 31.0. The molecule has 4 unspecified atom stereocenters. The lowest BCUT2D eigenvalue weighted by atomic mass is 10.2. The summed E-state index contributed by atoms with van der Waals surface area (Å²) in [7, 11) is 0. The largest absolute Gasteiger partial charge is 0.337 e. The number of aromatic nitrogens is 1. The molecule has 2 N–H and O–H groups in total. The molecule has 4 rings (SSSR count). The van der Waals surface area contributed by atoms with Crippen LogP contribution in [0.1, 0.15) is 49.4 Å². The van der Waals surface area contributed by atoms with Crippen LogP contribution in [0.25, 0.3) is 0 Å². The molecule has 2 aliphatic carbocycles. The molecule has 6 nitrogen and oxygen atoms in total. The van der Waals surface area contributed by atoms with E-state index >= 15 is 0 Å². The highest BCUT2D eigenvalue weighted by atomic mass is 32.1. The zero-order valence-electron chi connectivity index (χ0n) is 14.1. The van der Waals surface area contributed by atoms with Gasteiger partial charge in [-0.05, 0) is 38.0 Å². The Labute approximate surface area is 146 Å². The van der Waals surface area contributed by atoms with Gasteiger partial charge >= 0.3 is 6.03 Å². The number of rotatable bonds is 5. The first-order valence-corrected chi connectivity index (χ1v) is 9.67. The van der Waals surface area contributed by atoms with E-state index in [1.165, 1.54) is 0 Å². The third kappa shape index (κ3) is 3.27. The number of carbonyl (C=O) groups is 2. The Bertz CT molecular complexity index is 657. The minimum Gasteiger partial charge on any atom is -0.337 e. The first-order chi connectivity index (χ1) is 11.5. The fraction of sp³-hybridized carbons (Fsp3) is 0.706. The van der Waals surface area contributed by atoms with Crippen molar-refractivity contribution in [2.24, 2.45) is 11.8 Å². The Morgan fingerprint density at radius 3 is 2.79 bits per heavy atom. The molecule has 0 bridgehead atoms. The highest BCUT2D eigenvalue weighted by molar-refractivity contribution is 7.09. The van der Waals surface area contributed by atoms with Crippen LogP contribution in [0.4, 0.5) is 4.79 Å². The molecule has 4 atom stereocenters. The van der Waals surface area contributed by atoms with E-state index in [9.17, 15) is 9.59 Å². The van der Waals surface area contributed by atoms with Gasteiger partial charge in [-0.1, -0.05) is 6.92 Å². The standard InChI is InChI=1S/C17H24N4O2S/c1-9-5-13(9)21-7-12(6-14(21)22)19-17(23)20-15(11-3-4-11)16-18-10(2)8-24-16/h8-9,11-13,15H,3-7H2,1-2H3,(H2,19,20,23). The summed E-state index contributed by atoms with van der Waals surface area (Å²) >= 11 is 1.61. The van der Waals surface area contributed by atoms with E-state index in [2.05, 4.69) is 22.5 Å². The molecule has 130 valence electrons. The molecule has 1 saturated heterocycles. The van der Waals surface area contributed by atoms with Gasteiger partial charge in [0.15, 0.2) is 0 Å². The molecule has 1 aromatic heterocycles. The SMILES string of the molecule is Cc1csc(C(NC(=O)NC2CC(=O)N(C3CC3C)C2)C2CC2)n1. The number of nitrogens with zero attached hydrogens (tertiary/aromatic N) is 2.